The van der Waals surface area contributed by atoms with Gasteiger partial charge >= 0.3 is 0 Å². The fourth-order valence-corrected chi connectivity index (χ4v) is 2.46. The number of hydrogen-bond donors (Lipinski definition) is 1. The lowest BCUT2D eigenvalue weighted by Crippen LogP contribution is -2.43. The number of amides is 1. The summed E-state index contributed by atoms with van der Waals surface area (Å²) in [4.78, 5) is 14.1. The van der Waals surface area contributed by atoms with Crippen LogP contribution in [0.4, 0.5) is 10.1 Å². The van der Waals surface area contributed by atoms with Crippen molar-refractivity contribution < 1.29 is 9.18 Å². The lowest BCUT2D eigenvalue weighted by Gasteiger charge is -2.37. The second kappa shape index (κ2) is 5.29. The predicted molar refractivity (Wildman–Crippen MR) is 79.1 cm³/mol. The summed E-state index contributed by atoms with van der Waals surface area (Å²) in [6.45, 7) is 0.183. The zero-order chi connectivity index (χ0) is 14.8. The van der Waals surface area contributed by atoms with Gasteiger partial charge in [-0.1, -0.05) is 30.2 Å². The summed E-state index contributed by atoms with van der Waals surface area (Å²) in [5.41, 5.74) is 2.13. The van der Waals surface area contributed by atoms with E-state index in [-0.39, 0.29) is 18.3 Å². The second-order valence-corrected chi connectivity index (χ2v) is 4.78. The molecule has 0 radical (unpaired) electrons. The van der Waals surface area contributed by atoms with E-state index < -0.39 is 6.17 Å². The summed E-state index contributed by atoms with van der Waals surface area (Å²) in [5, 5.41) is 3.29. The molecule has 0 aromatic heterocycles. The highest BCUT2D eigenvalue weighted by atomic mass is 19.1. The van der Waals surface area contributed by atoms with Crippen LogP contribution in [0.5, 0.6) is 0 Å². The Morgan fingerprint density at radius 2 is 1.90 bits per heavy atom. The lowest BCUT2D eigenvalue weighted by molar-refractivity contribution is 0.0711. The first-order chi connectivity index (χ1) is 10.2. The topological polar surface area (TPSA) is 32.3 Å². The van der Waals surface area contributed by atoms with Gasteiger partial charge in [0.25, 0.3) is 5.91 Å². The number of hydrogen-bond acceptors (Lipinski definition) is 2. The van der Waals surface area contributed by atoms with Gasteiger partial charge in [-0.25, -0.2) is 4.39 Å². The Balaban J connectivity index is 2.05. The first-order valence-electron chi connectivity index (χ1n) is 6.56. The van der Waals surface area contributed by atoms with E-state index in [9.17, 15) is 9.18 Å². The van der Waals surface area contributed by atoms with Crippen LogP contribution in [0.15, 0.2) is 48.5 Å². The highest BCUT2D eigenvalue weighted by Gasteiger charge is 2.32. The Morgan fingerprint density at radius 3 is 2.62 bits per heavy atom. The smallest absolute Gasteiger partial charge is 0.258 e. The zero-order valence-electron chi connectivity index (χ0n) is 11.2. The Morgan fingerprint density at radius 1 is 1.19 bits per heavy atom. The Kier molecular flexibility index (Phi) is 3.33. The number of anilines is 1. The number of halogens is 1. The van der Waals surface area contributed by atoms with Crippen molar-refractivity contribution in [3.05, 3.63) is 65.5 Å². The molecule has 4 heteroatoms. The molecule has 0 aliphatic carbocycles. The number of nitrogens with zero attached hydrogens (tertiary/aromatic N) is 1. The van der Waals surface area contributed by atoms with Crippen molar-refractivity contribution in [2.24, 2.45) is 0 Å². The quantitative estimate of drug-likeness (QED) is 0.858. The van der Waals surface area contributed by atoms with Gasteiger partial charge in [0.05, 0.1) is 12.1 Å². The number of rotatable bonds is 2. The van der Waals surface area contributed by atoms with Gasteiger partial charge < -0.3 is 10.2 Å². The molecule has 2 aromatic carbocycles. The molecule has 1 amide bonds. The molecule has 0 saturated heterocycles. The van der Waals surface area contributed by atoms with Crippen molar-refractivity contribution in [3.8, 4) is 12.3 Å². The Hall–Kier alpha value is -2.80. The van der Waals surface area contributed by atoms with Gasteiger partial charge in [0.15, 0.2) is 0 Å². The van der Waals surface area contributed by atoms with Crippen molar-refractivity contribution in [2.45, 2.75) is 6.17 Å². The van der Waals surface area contributed by atoms with Crippen LogP contribution in [-0.4, -0.2) is 17.4 Å². The van der Waals surface area contributed by atoms with Crippen LogP contribution in [0.25, 0.3) is 0 Å². The molecule has 1 N–H and O–H groups in total. The van der Waals surface area contributed by atoms with Gasteiger partial charge in [-0.05, 0) is 29.8 Å². The van der Waals surface area contributed by atoms with Gasteiger partial charge in [0.1, 0.15) is 12.0 Å². The normalized spacial score (nSPS) is 16.9. The summed E-state index contributed by atoms with van der Waals surface area (Å²) in [6, 6.07) is 13.3. The van der Waals surface area contributed by atoms with Gasteiger partial charge in [0, 0.05) is 5.69 Å². The molecule has 104 valence electrons. The molecule has 3 nitrogen and oxygen atoms in total. The van der Waals surface area contributed by atoms with Crippen LogP contribution < -0.4 is 5.32 Å². The largest absolute Gasteiger partial charge is 0.361 e. The van der Waals surface area contributed by atoms with Gasteiger partial charge in [-0.15, -0.1) is 6.42 Å². The number of para-hydroxylation sites is 1. The molecule has 3 rings (SSSR count). The van der Waals surface area contributed by atoms with E-state index in [0.717, 1.165) is 11.3 Å². The van der Waals surface area contributed by atoms with Crippen LogP contribution in [0, 0.1) is 18.2 Å². The first kappa shape index (κ1) is 13.2. The first-order valence-corrected chi connectivity index (χ1v) is 6.56. The summed E-state index contributed by atoms with van der Waals surface area (Å²) in [7, 11) is 0. The molecule has 2 aromatic rings. The molecule has 0 saturated carbocycles. The molecule has 1 unspecified atom stereocenters. The molecule has 1 aliphatic heterocycles. The van der Waals surface area contributed by atoms with Gasteiger partial charge in [-0.2, -0.15) is 0 Å². The number of carbonyl (C=O) groups excluding carboxylic acids is 1. The zero-order valence-corrected chi connectivity index (χ0v) is 11.2. The summed E-state index contributed by atoms with van der Waals surface area (Å²) in [5.74, 6) is 2.06. The van der Waals surface area contributed by atoms with E-state index in [4.69, 9.17) is 6.42 Å². The van der Waals surface area contributed by atoms with E-state index in [1.807, 2.05) is 18.2 Å². The Bertz CT molecular complexity index is 718. The molecule has 0 bridgehead atoms. The minimum absolute atomic E-state index is 0.128. The number of carbonyl (C=O) groups is 1. The average molecular weight is 280 g/mol. The molecule has 1 aliphatic rings. The molecule has 21 heavy (non-hydrogen) atoms. The fraction of sp³-hybridized carbons (Fsp3) is 0.118. The van der Waals surface area contributed by atoms with Gasteiger partial charge in [0.2, 0.25) is 0 Å². The van der Waals surface area contributed by atoms with Crippen LogP contribution in [0.1, 0.15) is 22.1 Å². The lowest BCUT2D eigenvalue weighted by atomic mass is 10.0. The van der Waals surface area contributed by atoms with Crippen molar-refractivity contribution in [2.75, 3.05) is 11.9 Å². The van der Waals surface area contributed by atoms with E-state index in [0.29, 0.717) is 5.56 Å². The Labute approximate surface area is 122 Å². The molecule has 1 atom stereocenters. The molecule has 0 spiro atoms. The molecular formula is C17H13FN2O. The standard InChI is InChI=1S/C17H13FN2O/c1-2-11-20-16(12-7-9-13(18)10-8-12)19-15-6-4-3-5-14(15)17(20)21/h1,3-10,16,19H,11H2. The number of fused-ring (bicyclic) bond motifs is 1. The van der Waals surface area contributed by atoms with Crippen molar-refractivity contribution in [1.82, 2.24) is 4.90 Å². The van der Waals surface area contributed by atoms with Gasteiger partial charge in [-0.3, -0.25) is 4.79 Å². The fourth-order valence-electron chi connectivity index (χ4n) is 2.46. The van der Waals surface area contributed by atoms with E-state index >= 15 is 0 Å². The highest BCUT2D eigenvalue weighted by molar-refractivity contribution is 6.01. The molecule has 1 heterocycles. The average Bonchev–Trinajstić information content (AvgIpc) is 2.51. The molecule has 0 fully saturated rings. The number of nitrogens with one attached hydrogen (secondary N) is 1. The number of terminal acetylenes is 1. The van der Waals surface area contributed by atoms with E-state index in [1.165, 1.54) is 12.1 Å². The summed E-state index contributed by atoms with van der Waals surface area (Å²) >= 11 is 0. The minimum atomic E-state index is -0.399. The van der Waals surface area contributed by atoms with Crippen molar-refractivity contribution >= 4 is 11.6 Å². The van der Waals surface area contributed by atoms with Crippen LogP contribution >= 0.6 is 0 Å². The third-order valence-electron chi connectivity index (χ3n) is 3.47. The van der Waals surface area contributed by atoms with Crippen LogP contribution in [0.2, 0.25) is 0 Å². The van der Waals surface area contributed by atoms with Crippen molar-refractivity contribution in [3.63, 3.8) is 0 Å². The SMILES string of the molecule is C#CCN1C(=O)c2ccccc2NC1c1ccc(F)cc1. The van der Waals surface area contributed by atoms with Crippen LogP contribution in [0.3, 0.4) is 0 Å². The maximum atomic E-state index is 13.1. The maximum absolute atomic E-state index is 13.1. The van der Waals surface area contributed by atoms with Crippen molar-refractivity contribution in [1.29, 1.82) is 0 Å². The monoisotopic (exact) mass is 280 g/mol. The summed E-state index contributed by atoms with van der Waals surface area (Å²) < 4.78 is 13.1. The number of benzene rings is 2. The highest BCUT2D eigenvalue weighted by Crippen LogP contribution is 2.32. The second-order valence-electron chi connectivity index (χ2n) is 4.78. The molecular weight excluding hydrogens is 267 g/mol. The third kappa shape index (κ3) is 2.34. The van der Waals surface area contributed by atoms with E-state index in [1.54, 1.807) is 23.1 Å². The minimum Gasteiger partial charge on any atom is -0.361 e. The summed E-state index contributed by atoms with van der Waals surface area (Å²) in [6.07, 6.45) is 4.98. The van der Waals surface area contributed by atoms with Crippen LogP contribution in [-0.2, 0) is 0 Å². The maximum Gasteiger partial charge on any atom is 0.258 e. The van der Waals surface area contributed by atoms with E-state index in [2.05, 4.69) is 11.2 Å². The third-order valence-corrected chi connectivity index (χ3v) is 3.47. The predicted octanol–water partition coefficient (Wildman–Crippen LogP) is 3.03.